The van der Waals surface area contributed by atoms with Gasteiger partial charge in [-0.25, -0.2) is 4.79 Å². The second-order valence-electron chi connectivity index (χ2n) is 3.86. The first-order valence-electron chi connectivity index (χ1n) is 6.00. The molecule has 0 fully saturated rings. The Bertz CT molecular complexity index is 536. The lowest BCUT2D eigenvalue weighted by Crippen LogP contribution is -2.20. The number of carbonyl (C=O) groups is 3. The molecule has 1 aromatic carbocycles. The molecule has 0 aromatic heterocycles. The summed E-state index contributed by atoms with van der Waals surface area (Å²) < 4.78 is 4.96. The molecule has 106 valence electrons. The summed E-state index contributed by atoms with van der Waals surface area (Å²) in [5.74, 6) is -2.57. The summed E-state index contributed by atoms with van der Waals surface area (Å²) in [6.45, 7) is 2.21. The quantitative estimate of drug-likeness (QED) is 0.603. The summed E-state index contributed by atoms with van der Waals surface area (Å²) in [6.07, 6.45) is 2.17. The number of hydrogen-bond acceptors (Lipinski definition) is 5. The maximum absolute atomic E-state index is 11.6. The molecule has 0 spiro atoms. The van der Waals surface area contributed by atoms with Gasteiger partial charge in [-0.15, -0.1) is 0 Å². The lowest BCUT2D eigenvalue weighted by Gasteiger charge is -2.06. The van der Waals surface area contributed by atoms with Gasteiger partial charge in [-0.05, 0) is 30.7 Å². The van der Waals surface area contributed by atoms with Gasteiger partial charge in [0.15, 0.2) is 0 Å². The number of carboxylic acid groups (broad SMARTS) is 1. The molecule has 1 rings (SSSR count). The van der Waals surface area contributed by atoms with Crippen molar-refractivity contribution in [3.63, 3.8) is 0 Å². The van der Waals surface area contributed by atoms with Gasteiger partial charge in [-0.1, -0.05) is 13.0 Å². The van der Waals surface area contributed by atoms with Crippen molar-refractivity contribution < 1.29 is 24.2 Å². The van der Waals surface area contributed by atoms with E-state index in [1.165, 1.54) is 6.07 Å². The van der Waals surface area contributed by atoms with Crippen LogP contribution in [0.4, 0.5) is 5.69 Å². The molecule has 0 saturated heterocycles. The number of nitrogens with one attached hydrogen (secondary N) is 1. The molecule has 0 aliphatic carbocycles. The molecule has 0 atom stereocenters. The van der Waals surface area contributed by atoms with Gasteiger partial charge < -0.3 is 20.0 Å². The molecule has 0 aliphatic heterocycles. The molecule has 0 radical (unpaired) electrons. The summed E-state index contributed by atoms with van der Waals surface area (Å²) in [7, 11) is 0. The summed E-state index contributed by atoms with van der Waals surface area (Å²) >= 11 is 0. The number of anilines is 1. The Morgan fingerprint density at radius 2 is 2.05 bits per heavy atom. The van der Waals surface area contributed by atoms with Crippen LogP contribution in [0.5, 0.6) is 0 Å². The van der Waals surface area contributed by atoms with E-state index >= 15 is 0 Å². The SMILES string of the molecule is CCCOC(=O)c1cccc(NC(=O)C=CC(=O)[O-])c1. The van der Waals surface area contributed by atoms with E-state index in [2.05, 4.69) is 5.32 Å². The van der Waals surface area contributed by atoms with Crippen molar-refractivity contribution >= 4 is 23.5 Å². The molecule has 0 saturated carbocycles. The fraction of sp³-hybridized carbons (Fsp3) is 0.214. The molecule has 6 heteroatoms. The maximum Gasteiger partial charge on any atom is 0.338 e. The van der Waals surface area contributed by atoms with Crippen molar-refractivity contribution in [3.05, 3.63) is 42.0 Å². The van der Waals surface area contributed by atoms with Crippen LogP contribution in [0.2, 0.25) is 0 Å². The first-order valence-corrected chi connectivity index (χ1v) is 6.00. The highest BCUT2D eigenvalue weighted by Gasteiger charge is 2.07. The number of carbonyl (C=O) groups excluding carboxylic acids is 3. The Labute approximate surface area is 116 Å². The predicted molar refractivity (Wildman–Crippen MR) is 69.8 cm³/mol. The third-order valence-corrected chi connectivity index (χ3v) is 2.17. The average Bonchev–Trinajstić information content (AvgIpc) is 2.42. The normalized spacial score (nSPS) is 10.2. The van der Waals surface area contributed by atoms with Crippen molar-refractivity contribution in [1.82, 2.24) is 0 Å². The second-order valence-corrected chi connectivity index (χ2v) is 3.86. The summed E-state index contributed by atoms with van der Waals surface area (Å²) in [6, 6.07) is 6.16. The summed E-state index contributed by atoms with van der Waals surface area (Å²) in [4.78, 5) is 33.1. The van der Waals surface area contributed by atoms with Gasteiger partial charge in [0.2, 0.25) is 5.91 Å². The maximum atomic E-state index is 11.6. The van der Waals surface area contributed by atoms with Crippen LogP contribution in [-0.4, -0.2) is 24.5 Å². The molecule has 6 nitrogen and oxygen atoms in total. The number of benzene rings is 1. The minimum atomic E-state index is -1.46. The molecule has 0 heterocycles. The van der Waals surface area contributed by atoms with E-state index in [4.69, 9.17) is 4.74 Å². The number of aliphatic carboxylic acids is 1. The topological polar surface area (TPSA) is 95.5 Å². The lowest BCUT2D eigenvalue weighted by atomic mass is 10.2. The van der Waals surface area contributed by atoms with Crippen molar-refractivity contribution in [3.8, 4) is 0 Å². The standard InChI is InChI=1S/C14H15NO5/c1-2-8-20-14(19)10-4-3-5-11(9-10)15-12(16)6-7-13(17)18/h3-7,9H,2,8H2,1H3,(H,15,16)(H,17,18)/p-1. The number of carboxylic acids is 1. The highest BCUT2D eigenvalue weighted by molar-refractivity contribution is 6.02. The summed E-state index contributed by atoms with van der Waals surface area (Å²) in [5.41, 5.74) is 0.670. The fourth-order valence-electron chi connectivity index (χ4n) is 1.33. The van der Waals surface area contributed by atoms with E-state index in [1.807, 2.05) is 6.92 Å². The van der Waals surface area contributed by atoms with Crippen LogP contribution < -0.4 is 10.4 Å². The van der Waals surface area contributed by atoms with Gasteiger partial charge in [0.1, 0.15) is 0 Å². The molecule has 0 aliphatic rings. The van der Waals surface area contributed by atoms with E-state index in [1.54, 1.807) is 18.2 Å². The van der Waals surface area contributed by atoms with E-state index in [-0.39, 0.29) is 0 Å². The first kappa shape index (κ1) is 15.4. The molecule has 0 unspecified atom stereocenters. The van der Waals surface area contributed by atoms with E-state index in [0.29, 0.717) is 23.9 Å². The van der Waals surface area contributed by atoms with Gasteiger partial charge in [0.05, 0.1) is 18.1 Å². The second kappa shape index (κ2) is 7.73. The van der Waals surface area contributed by atoms with Crippen LogP contribution >= 0.6 is 0 Å². The third-order valence-electron chi connectivity index (χ3n) is 2.17. The van der Waals surface area contributed by atoms with E-state index < -0.39 is 17.8 Å². The molecular formula is C14H14NO5-. The predicted octanol–water partition coefficient (Wildman–Crippen LogP) is 0.498. The largest absolute Gasteiger partial charge is 0.545 e. The first-order chi connectivity index (χ1) is 9.52. The van der Waals surface area contributed by atoms with Crippen LogP contribution in [0, 0.1) is 0 Å². The zero-order valence-corrected chi connectivity index (χ0v) is 10.9. The van der Waals surface area contributed by atoms with Gasteiger partial charge in [-0.3, -0.25) is 4.79 Å². The van der Waals surface area contributed by atoms with Crippen LogP contribution in [0.3, 0.4) is 0 Å². The number of esters is 1. The van der Waals surface area contributed by atoms with Crippen molar-refractivity contribution in [2.24, 2.45) is 0 Å². The van der Waals surface area contributed by atoms with Crippen LogP contribution in [0.25, 0.3) is 0 Å². The van der Waals surface area contributed by atoms with E-state index in [9.17, 15) is 19.5 Å². The molecule has 1 N–H and O–H groups in total. The molecular weight excluding hydrogens is 262 g/mol. The molecule has 0 bridgehead atoms. The average molecular weight is 276 g/mol. The number of ether oxygens (including phenoxy) is 1. The number of amides is 1. The van der Waals surface area contributed by atoms with Crippen LogP contribution in [0.1, 0.15) is 23.7 Å². The van der Waals surface area contributed by atoms with Gasteiger partial charge in [0, 0.05) is 11.8 Å². The summed E-state index contributed by atoms with van der Waals surface area (Å²) in [5, 5.41) is 12.6. The highest BCUT2D eigenvalue weighted by Crippen LogP contribution is 2.12. The number of rotatable bonds is 6. The minimum Gasteiger partial charge on any atom is -0.545 e. The molecule has 1 aromatic rings. The van der Waals surface area contributed by atoms with Crippen molar-refractivity contribution in [2.75, 3.05) is 11.9 Å². The van der Waals surface area contributed by atoms with Gasteiger partial charge in [0.25, 0.3) is 0 Å². The van der Waals surface area contributed by atoms with Crippen molar-refractivity contribution in [2.45, 2.75) is 13.3 Å². The fourth-order valence-corrected chi connectivity index (χ4v) is 1.33. The zero-order chi connectivity index (χ0) is 15.0. The Balaban J connectivity index is 2.70. The molecule has 20 heavy (non-hydrogen) atoms. The third kappa shape index (κ3) is 5.34. The smallest absolute Gasteiger partial charge is 0.338 e. The molecule has 1 amide bonds. The Hall–Kier alpha value is -2.63. The Kier molecular flexibility index (Phi) is 5.96. The minimum absolute atomic E-state index is 0.306. The van der Waals surface area contributed by atoms with Gasteiger partial charge in [-0.2, -0.15) is 0 Å². The van der Waals surface area contributed by atoms with Gasteiger partial charge >= 0.3 is 5.97 Å². The monoisotopic (exact) mass is 276 g/mol. The zero-order valence-electron chi connectivity index (χ0n) is 10.9. The van der Waals surface area contributed by atoms with Crippen LogP contribution in [-0.2, 0) is 14.3 Å². The Morgan fingerprint density at radius 1 is 1.30 bits per heavy atom. The van der Waals surface area contributed by atoms with E-state index in [0.717, 1.165) is 12.5 Å². The van der Waals surface area contributed by atoms with Crippen molar-refractivity contribution in [1.29, 1.82) is 0 Å². The Morgan fingerprint density at radius 3 is 2.70 bits per heavy atom. The van der Waals surface area contributed by atoms with Crippen LogP contribution in [0.15, 0.2) is 36.4 Å². The highest BCUT2D eigenvalue weighted by atomic mass is 16.5. The lowest BCUT2D eigenvalue weighted by molar-refractivity contribution is -0.297. The number of hydrogen-bond donors (Lipinski definition) is 1.